The summed E-state index contributed by atoms with van der Waals surface area (Å²) in [7, 11) is 0. The summed E-state index contributed by atoms with van der Waals surface area (Å²) in [6.45, 7) is 13.8. The van der Waals surface area contributed by atoms with Gasteiger partial charge in [0.05, 0.1) is 16.6 Å². The second-order valence-electron chi connectivity index (χ2n) is 11.9. The molecule has 2 bridgehead atoms. The first-order chi connectivity index (χ1) is 20.2. The van der Waals surface area contributed by atoms with Crippen molar-refractivity contribution >= 4 is 45.4 Å². The number of hydrogen-bond acceptors (Lipinski definition) is 5. The molecule has 4 rings (SSSR count). The molecule has 0 saturated carbocycles. The number of fused-ring (bicyclic) bond motifs is 1. The third-order valence-electron chi connectivity index (χ3n) is 9.09. The highest BCUT2D eigenvalue weighted by Crippen LogP contribution is 2.68. The predicted octanol–water partition coefficient (Wildman–Crippen LogP) is 5.03. The van der Waals surface area contributed by atoms with E-state index in [4.69, 9.17) is 0 Å². The number of likely N-dealkylation sites (tertiary alicyclic amines) is 1. The van der Waals surface area contributed by atoms with Crippen molar-refractivity contribution in [2.24, 2.45) is 11.8 Å². The summed E-state index contributed by atoms with van der Waals surface area (Å²) in [6.07, 6.45) is 8.09. The van der Waals surface area contributed by atoms with Crippen molar-refractivity contribution in [1.82, 2.24) is 14.7 Å². The lowest BCUT2D eigenvalue weighted by Crippen LogP contribution is -2.57. The third kappa shape index (κ3) is 6.25. The van der Waals surface area contributed by atoms with Gasteiger partial charge in [0, 0.05) is 48.9 Å². The van der Waals surface area contributed by atoms with Crippen LogP contribution in [0.2, 0.25) is 0 Å². The van der Waals surface area contributed by atoms with Crippen LogP contribution in [-0.4, -0.2) is 90.7 Å². The molecule has 0 aromatic heterocycles. The van der Waals surface area contributed by atoms with Crippen molar-refractivity contribution in [3.05, 3.63) is 61.2 Å². The van der Waals surface area contributed by atoms with Gasteiger partial charge >= 0.3 is 0 Å². The average Bonchev–Trinajstić information content (AvgIpc) is 3.57. The van der Waals surface area contributed by atoms with E-state index in [0.29, 0.717) is 45.4 Å². The summed E-state index contributed by atoms with van der Waals surface area (Å²) in [4.78, 5) is 49.0. The normalized spacial score (nSPS) is 28.4. The molecule has 42 heavy (non-hydrogen) atoms. The highest BCUT2D eigenvalue weighted by molar-refractivity contribution is 9.09. The van der Waals surface area contributed by atoms with Gasteiger partial charge in [-0.05, 0) is 44.6 Å². The quantitative estimate of drug-likeness (QED) is 0.153. The Morgan fingerprint density at radius 3 is 2.52 bits per heavy atom. The Kier molecular flexibility index (Phi) is 11.4. The highest BCUT2D eigenvalue weighted by atomic mass is 79.9. The molecule has 9 heteroatoms. The van der Waals surface area contributed by atoms with Crippen LogP contribution in [0, 0.1) is 11.8 Å². The summed E-state index contributed by atoms with van der Waals surface area (Å²) in [6, 6.07) is 9.25. The van der Waals surface area contributed by atoms with Gasteiger partial charge in [0.2, 0.25) is 17.7 Å². The van der Waals surface area contributed by atoms with Gasteiger partial charge in [-0.3, -0.25) is 14.4 Å². The number of carbonyl (C=O) groups is 3. The maximum absolute atomic E-state index is 14.6. The van der Waals surface area contributed by atoms with Crippen molar-refractivity contribution in [1.29, 1.82) is 0 Å². The van der Waals surface area contributed by atoms with Crippen LogP contribution in [0.5, 0.6) is 0 Å². The molecule has 0 radical (unpaired) electrons. The number of carbonyl (C=O) groups excluding carboxylic acids is 3. The van der Waals surface area contributed by atoms with E-state index in [9.17, 15) is 19.5 Å². The molecule has 3 aliphatic rings. The van der Waals surface area contributed by atoms with Crippen LogP contribution in [0.1, 0.15) is 57.9 Å². The molecule has 1 spiro atoms. The van der Waals surface area contributed by atoms with Crippen LogP contribution < -0.4 is 0 Å². The largest absolute Gasteiger partial charge is 0.396 e. The number of aliphatic hydroxyl groups is 1. The van der Waals surface area contributed by atoms with Crippen LogP contribution in [0.3, 0.4) is 0 Å². The fourth-order valence-corrected chi connectivity index (χ4v) is 10.9. The van der Waals surface area contributed by atoms with Crippen molar-refractivity contribution in [2.45, 2.75) is 85.8 Å². The average molecular weight is 661 g/mol. The van der Waals surface area contributed by atoms with E-state index in [2.05, 4.69) is 42.9 Å². The van der Waals surface area contributed by atoms with E-state index < -0.39 is 22.6 Å². The number of alkyl halides is 1. The number of thioether (sulfide) groups is 1. The minimum Gasteiger partial charge on any atom is -0.396 e. The van der Waals surface area contributed by atoms with E-state index in [1.807, 2.05) is 40.1 Å². The Bertz CT molecular complexity index is 1140. The lowest BCUT2D eigenvalue weighted by molar-refractivity contribution is -0.145. The van der Waals surface area contributed by atoms with Crippen molar-refractivity contribution < 1.29 is 19.5 Å². The summed E-state index contributed by atoms with van der Waals surface area (Å²) >= 11 is 5.58. The first-order valence-electron chi connectivity index (χ1n) is 15.3. The Morgan fingerprint density at radius 1 is 1.17 bits per heavy atom. The third-order valence-corrected chi connectivity index (χ3v) is 12.3. The molecule has 0 aliphatic carbocycles. The fraction of sp³-hybridized carbons (Fsp3) is 0.606. The van der Waals surface area contributed by atoms with Crippen LogP contribution in [-0.2, 0) is 20.9 Å². The molecular weight excluding hydrogens is 614 g/mol. The number of unbranched alkanes of at least 4 members (excludes halogenated alkanes) is 2. The van der Waals surface area contributed by atoms with Crippen molar-refractivity contribution in [3.8, 4) is 0 Å². The zero-order valence-corrected chi connectivity index (χ0v) is 27.4. The number of halogens is 1. The van der Waals surface area contributed by atoms with Crippen LogP contribution in [0.15, 0.2) is 55.6 Å². The van der Waals surface area contributed by atoms with E-state index in [-0.39, 0.29) is 40.4 Å². The Morgan fingerprint density at radius 2 is 1.88 bits per heavy atom. The highest BCUT2D eigenvalue weighted by Gasteiger charge is 2.76. The molecule has 3 saturated heterocycles. The lowest BCUT2D eigenvalue weighted by atomic mass is 9.70. The van der Waals surface area contributed by atoms with E-state index >= 15 is 0 Å². The molecule has 1 aromatic carbocycles. The summed E-state index contributed by atoms with van der Waals surface area (Å²) < 4.78 is -0.678. The summed E-state index contributed by atoms with van der Waals surface area (Å²) in [5.74, 6) is -1.25. The van der Waals surface area contributed by atoms with Gasteiger partial charge in [-0.15, -0.1) is 24.9 Å². The standard InChI is InChI=1S/C33H46BrN3O4S/c1-5-14-23(4)36(18-7-3)32(41)29-33-21-25(34)28(42-33)26(27(33)31(40)37(29)19-12-9-13-20-38)30(39)35(17-6-2)22-24-15-10-8-11-16-24/h6-8,10-11,15-16,23,25-29,38H,2-3,5,9,12-14,17-22H2,1,4H3/t23?,25?,26-,27+,28-,29?,33?/m1/s1. The van der Waals surface area contributed by atoms with Gasteiger partial charge in [0.15, 0.2) is 0 Å². The van der Waals surface area contributed by atoms with E-state index in [0.717, 1.165) is 24.8 Å². The molecule has 3 heterocycles. The molecule has 230 valence electrons. The number of hydrogen-bond donors (Lipinski definition) is 1. The molecule has 1 N–H and O–H groups in total. The van der Waals surface area contributed by atoms with Crippen LogP contribution in [0.25, 0.3) is 0 Å². The monoisotopic (exact) mass is 659 g/mol. The lowest BCUT2D eigenvalue weighted by Gasteiger charge is -2.40. The van der Waals surface area contributed by atoms with Crippen molar-refractivity contribution in [3.63, 3.8) is 0 Å². The number of nitrogens with zero attached hydrogens (tertiary/aromatic N) is 3. The molecule has 1 aromatic rings. The van der Waals surface area contributed by atoms with Gasteiger partial charge in [-0.1, -0.05) is 71.8 Å². The van der Waals surface area contributed by atoms with E-state index in [1.165, 1.54) is 0 Å². The molecular formula is C33H46BrN3O4S. The Labute approximate surface area is 263 Å². The molecule has 7 nitrogen and oxygen atoms in total. The number of benzene rings is 1. The predicted molar refractivity (Wildman–Crippen MR) is 173 cm³/mol. The van der Waals surface area contributed by atoms with Gasteiger partial charge in [-0.25, -0.2) is 0 Å². The van der Waals surface area contributed by atoms with Crippen LogP contribution in [0.4, 0.5) is 0 Å². The number of aliphatic hydroxyl groups excluding tert-OH is 1. The van der Waals surface area contributed by atoms with Gasteiger partial charge < -0.3 is 19.8 Å². The summed E-state index contributed by atoms with van der Waals surface area (Å²) in [5.41, 5.74) is 1.02. The Balaban J connectivity index is 1.72. The second-order valence-corrected chi connectivity index (χ2v) is 14.6. The van der Waals surface area contributed by atoms with Gasteiger partial charge in [0.1, 0.15) is 6.04 Å². The first kappa shape index (κ1) is 32.8. The molecule has 7 atom stereocenters. The molecule has 3 aliphatic heterocycles. The SMILES string of the molecule is C=CCN(Cc1ccccc1)C(=O)[C@H]1[C@@H]2SC3(CC2Br)C(C(=O)N(CC=C)C(C)CCC)N(CCCCCO)C(=O)[C@H]13. The van der Waals surface area contributed by atoms with Crippen molar-refractivity contribution in [2.75, 3.05) is 26.2 Å². The Hall–Kier alpha value is -2.10. The van der Waals surface area contributed by atoms with E-state index in [1.54, 1.807) is 28.8 Å². The zero-order valence-electron chi connectivity index (χ0n) is 25.0. The smallest absolute Gasteiger partial charge is 0.247 e. The first-order valence-corrected chi connectivity index (χ1v) is 17.1. The van der Waals surface area contributed by atoms with Gasteiger partial charge in [0.25, 0.3) is 0 Å². The van der Waals surface area contributed by atoms with Crippen LogP contribution >= 0.6 is 27.7 Å². The molecule has 4 unspecified atom stereocenters. The minimum absolute atomic E-state index is 0.0112. The maximum Gasteiger partial charge on any atom is 0.247 e. The van der Waals surface area contributed by atoms with Gasteiger partial charge in [-0.2, -0.15) is 0 Å². The maximum atomic E-state index is 14.6. The summed E-state index contributed by atoms with van der Waals surface area (Å²) in [5, 5.41) is 9.23. The second kappa shape index (κ2) is 14.6. The zero-order chi connectivity index (χ0) is 30.4. The minimum atomic E-state index is -0.678. The fourth-order valence-electron chi connectivity index (χ4n) is 7.26. The topological polar surface area (TPSA) is 81.2 Å². The number of amides is 3. The molecule has 3 amide bonds. The number of rotatable bonds is 16. The molecule has 3 fully saturated rings.